The number of phenolic OH excluding ortho intramolecular Hbond substituents is 1. The van der Waals surface area contributed by atoms with Gasteiger partial charge in [-0.05, 0) is 30.0 Å². The van der Waals surface area contributed by atoms with Crippen LogP contribution in [0.3, 0.4) is 0 Å². The van der Waals surface area contributed by atoms with Crippen LogP contribution in [0.1, 0.15) is 17.5 Å². The number of carboxylic acids is 2. The van der Waals surface area contributed by atoms with Gasteiger partial charge in [0.25, 0.3) is 0 Å². The fourth-order valence-corrected chi connectivity index (χ4v) is 2.75. The first-order chi connectivity index (χ1) is 12.9. The molecule has 8 heteroatoms. The predicted molar refractivity (Wildman–Crippen MR) is 99.3 cm³/mol. The average Bonchev–Trinajstić information content (AvgIpc) is 2.64. The maximum atomic E-state index is 9.66. The van der Waals surface area contributed by atoms with Crippen LogP contribution in [-0.4, -0.2) is 39.9 Å². The van der Waals surface area contributed by atoms with Crippen LogP contribution in [0.2, 0.25) is 5.02 Å². The fraction of sp³-hybridized carbons (Fsp3) is 0.263. The van der Waals surface area contributed by atoms with E-state index in [1.807, 2.05) is 18.2 Å². The molecule has 3 rings (SSSR count). The van der Waals surface area contributed by atoms with Crippen LogP contribution in [0.25, 0.3) is 0 Å². The van der Waals surface area contributed by atoms with Crippen LogP contribution in [-0.2, 0) is 22.6 Å². The van der Waals surface area contributed by atoms with Crippen molar-refractivity contribution in [2.24, 2.45) is 0 Å². The molecule has 0 unspecified atom stereocenters. The van der Waals surface area contributed by atoms with E-state index in [2.05, 4.69) is 17.4 Å². The maximum Gasteiger partial charge on any atom is 0.414 e. The van der Waals surface area contributed by atoms with Gasteiger partial charge >= 0.3 is 11.9 Å². The number of aryl methyl sites for hydroxylation is 1. The molecule has 2 aromatic carbocycles. The first-order valence-electron chi connectivity index (χ1n) is 8.25. The van der Waals surface area contributed by atoms with Gasteiger partial charge in [0.2, 0.25) is 0 Å². The first-order valence-corrected chi connectivity index (χ1v) is 8.63. The zero-order valence-electron chi connectivity index (χ0n) is 14.4. The number of rotatable bonds is 4. The third kappa shape index (κ3) is 6.47. The number of hydrogen-bond acceptors (Lipinski definition) is 5. The Morgan fingerprint density at radius 3 is 2.44 bits per heavy atom. The Hall–Kier alpha value is -2.77. The minimum Gasteiger partial charge on any atom is -0.506 e. The van der Waals surface area contributed by atoms with Crippen molar-refractivity contribution < 1.29 is 29.6 Å². The van der Waals surface area contributed by atoms with E-state index in [9.17, 15) is 5.11 Å². The number of phenols is 1. The molecule has 144 valence electrons. The molecule has 0 amide bonds. The Kier molecular flexibility index (Phi) is 7.45. The number of hydrogen-bond donors (Lipinski definition) is 4. The van der Waals surface area contributed by atoms with E-state index in [1.165, 1.54) is 5.56 Å². The quantitative estimate of drug-likeness (QED) is 0.590. The van der Waals surface area contributed by atoms with Crippen molar-refractivity contribution in [2.75, 3.05) is 6.54 Å². The van der Waals surface area contributed by atoms with Gasteiger partial charge in [-0.15, -0.1) is 0 Å². The van der Waals surface area contributed by atoms with Crippen molar-refractivity contribution in [3.63, 3.8) is 0 Å². The predicted octanol–water partition coefficient (Wildman–Crippen LogP) is 2.68. The Morgan fingerprint density at radius 2 is 1.81 bits per heavy atom. The van der Waals surface area contributed by atoms with Crippen molar-refractivity contribution in [3.8, 4) is 11.5 Å². The Balaban J connectivity index is 0.000000380. The molecule has 0 saturated heterocycles. The summed E-state index contributed by atoms with van der Waals surface area (Å²) in [5.41, 5.74) is 2.33. The van der Waals surface area contributed by atoms with Gasteiger partial charge in [-0.25, -0.2) is 9.59 Å². The monoisotopic (exact) mass is 393 g/mol. The summed E-state index contributed by atoms with van der Waals surface area (Å²) in [4.78, 5) is 18.2. The van der Waals surface area contributed by atoms with Crippen LogP contribution in [0.5, 0.6) is 11.5 Å². The fourth-order valence-electron chi connectivity index (χ4n) is 2.56. The average molecular weight is 394 g/mol. The summed E-state index contributed by atoms with van der Waals surface area (Å²) in [6.07, 6.45) is 2.00. The lowest BCUT2D eigenvalue weighted by atomic mass is 10.0. The lowest BCUT2D eigenvalue weighted by Gasteiger charge is -2.26. The summed E-state index contributed by atoms with van der Waals surface area (Å²) in [5, 5.41) is 28.2. The first kappa shape index (κ1) is 20.5. The van der Waals surface area contributed by atoms with Crippen molar-refractivity contribution in [1.82, 2.24) is 5.32 Å². The highest BCUT2D eigenvalue weighted by molar-refractivity contribution is 6.32. The second kappa shape index (κ2) is 9.80. The Labute approximate surface area is 161 Å². The molecular weight excluding hydrogens is 374 g/mol. The summed E-state index contributed by atoms with van der Waals surface area (Å²) in [6.45, 7) is 1.62. The largest absolute Gasteiger partial charge is 0.506 e. The number of nitrogens with one attached hydrogen (secondary N) is 1. The Morgan fingerprint density at radius 1 is 1.15 bits per heavy atom. The number of ether oxygens (including phenoxy) is 1. The van der Waals surface area contributed by atoms with Crippen molar-refractivity contribution in [1.29, 1.82) is 0 Å². The molecule has 1 atom stereocenters. The second-order valence-corrected chi connectivity index (χ2v) is 6.32. The molecule has 0 radical (unpaired) electrons. The van der Waals surface area contributed by atoms with Gasteiger partial charge in [-0.3, -0.25) is 0 Å². The molecule has 0 fully saturated rings. The number of aromatic hydroxyl groups is 1. The van der Waals surface area contributed by atoms with Crippen LogP contribution in [0, 0.1) is 0 Å². The molecule has 0 aromatic heterocycles. The number of fused-ring (bicyclic) bond motifs is 1. The van der Waals surface area contributed by atoms with Crippen molar-refractivity contribution in [3.05, 3.63) is 58.6 Å². The van der Waals surface area contributed by atoms with Crippen LogP contribution < -0.4 is 10.1 Å². The van der Waals surface area contributed by atoms with E-state index in [-0.39, 0.29) is 11.9 Å². The highest BCUT2D eigenvalue weighted by Crippen LogP contribution is 2.35. The number of halogens is 1. The zero-order valence-corrected chi connectivity index (χ0v) is 15.1. The summed E-state index contributed by atoms with van der Waals surface area (Å²) in [7, 11) is 0. The van der Waals surface area contributed by atoms with Gasteiger partial charge in [0.15, 0.2) is 0 Å². The van der Waals surface area contributed by atoms with Crippen LogP contribution >= 0.6 is 11.6 Å². The van der Waals surface area contributed by atoms with Crippen LogP contribution in [0.4, 0.5) is 0 Å². The van der Waals surface area contributed by atoms with Gasteiger partial charge in [0.1, 0.15) is 17.6 Å². The molecule has 4 N–H and O–H groups in total. The molecule has 1 aliphatic rings. The standard InChI is InChI=1S/C17H18ClNO2.C2H2O4/c18-15-8-13-6-7-14(21-17(13)9-16(15)20)11-19-10-12-4-2-1-3-5-12;3-1(4)2(5)6/h1-5,8-9,14,19-20H,6-7,10-11H2;(H,3,4)(H,5,6)/t14-;/m0./s1. The number of aliphatic carboxylic acids is 2. The van der Waals surface area contributed by atoms with Crippen molar-refractivity contribution in [2.45, 2.75) is 25.5 Å². The third-order valence-corrected chi connectivity index (χ3v) is 4.19. The van der Waals surface area contributed by atoms with E-state index < -0.39 is 11.9 Å². The molecule has 0 aliphatic carbocycles. The number of benzene rings is 2. The van der Waals surface area contributed by atoms with Crippen LogP contribution in [0.15, 0.2) is 42.5 Å². The summed E-state index contributed by atoms with van der Waals surface area (Å²) in [6, 6.07) is 13.7. The van der Waals surface area contributed by atoms with Gasteiger partial charge < -0.3 is 25.4 Å². The Bertz CT molecular complexity index is 784. The summed E-state index contributed by atoms with van der Waals surface area (Å²) < 4.78 is 5.92. The summed E-state index contributed by atoms with van der Waals surface area (Å²) in [5.74, 6) is -2.83. The van der Waals surface area contributed by atoms with Gasteiger partial charge in [0, 0.05) is 19.2 Å². The topological polar surface area (TPSA) is 116 Å². The minimum absolute atomic E-state index is 0.0771. The smallest absolute Gasteiger partial charge is 0.414 e. The maximum absolute atomic E-state index is 9.66. The second-order valence-electron chi connectivity index (χ2n) is 5.92. The lowest BCUT2D eigenvalue weighted by molar-refractivity contribution is -0.159. The molecular formula is C19H20ClNO6. The van der Waals surface area contributed by atoms with Gasteiger partial charge in [0.05, 0.1) is 5.02 Å². The number of carboxylic acid groups (broad SMARTS) is 2. The molecule has 7 nitrogen and oxygen atoms in total. The van der Waals surface area contributed by atoms with Crippen molar-refractivity contribution >= 4 is 23.5 Å². The molecule has 0 spiro atoms. The van der Waals surface area contributed by atoms with E-state index in [1.54, 1.807) is 12.1 Å². The minimum atomic E-state index is -1.82. The lowest BCUT2D eigenvalue weighted by Crippen LogP contribution is -2.33. The third-order valence-electron chi connectivity index (χ3n) is 3.89. The van der Waals surface area contributed by atoms with E-state index in [0.29, 0.717) is 5.02 Å². The van der Waals surface area contributed by atoms with Gasteiger partial charge in [-0.2, -0.15) is 0 Å². The molecule has 2 aromatic rings. The highest BCUT2D eigenvalue weighted by atomic mass is 35.5. The van der Waals surface area contributed by atoms with E-state index in [0.717, 1.165) is 37.2 Å². The summed E-state index contributed by atoms with van der Waals surface area (Å²) >= 11 is 5.92. The van der Waals surface area contributed by atoms with E-state index in [4.69, 9.17) is 36.1 Å². The highest BCUT2D eigenvalue weighted by Gasteiger charge is 2.21. The SMILES string of the molecule is O=C(O)C(=O)O.Oc1cc2c(cc1Cl)CC[C@@H](CNCc1ccccc1)O2. The van der Waals surface area contributed by atoms with E-state index >= 15 is 0 Å². The van der Waals surface area contributed by atoms with Gasteiger partial charge in [-0.1, -0.05) is 41.9 Å². The zero-order chi connectivity index (χ0) is 19.8. The molecule has 1 heterocycles. The molecule has 0 bridgehead atoms. The number of carbonyl (C=O) groups is 2. The molecule has 27 heavy (non-hydrogen) atoms. The normalized spacial score (nSPS) is 14.9. The molecule has 1 aliphatic heterocycles. The molecule has 0 saturated carbocycles.